The highest BCUT2D eigenvalue weighted by atomic mass is 32.1. The van der Waals surface area contributed by atoms with E-state index in [0.29, 0.717) is 17.4 Å². The number of hydrogen-bond acceptors (Lipinski definition) is 4. The van der Waals surface area contributed by atoms with Crippen LogP contribution in [0.3, 0.4) is 0 Å². The van der Waals surface area contributed by atoms with E-state index in [1.165, 1.54) is 16.3 Å². The Bertz CT molecular complexity index is 364. The summed E-state index contributed by atoms with van der Waals surface area (Å²) < 4.78 is 0. The van der Waals surface area contributed by atoms with E-state index in [2.05, 4.69) is 38.1 Å². The quantitative estimate of drug-likeness (QED) is 0.625. The number of thiazole rings is 1. The van der Waals surface area contributed by atoms with Crippen molar-refractivity contribution in [3.63, 3.8) is 0 Å². The predicted octanol–water partition coefficient (Wildman–Crippen LogP) is 2.18. The maximum Gasteiger partial charge on any atom is 0.0947 e. The molecule has 1 saturated carbocycles. The maximum atomic E-state index is 5.65. The van der Waals surface area contributed by atoms with Gasteiger partial charge in [-0.15, -0.1) is 11.3 Å². The number of aromatic nitrogens is 1. The third-order valence-electron chi connectivity index (χ3n) is 3.76. The molecule has 1 aliphatic rings. The highest BCUT2D eigenvalue weighted by Gasteiger charge is 2.49. The molecule has 3 nitrogen and oxygen atoms in total. The SMILES string of the molecule is Cc1nc(CC(NN)C2CC2(C)C)sc1C. The number of aryl methyl sites for hydroxylation is 2. The fourth-order valence-corrected chi connectivity index (χ4v) is 3.32. The monoisotopic (exact) mass is 239 g/mol. The van der Waals surface area contributed by atoms with Gasteiger partial charge in [-0.1, -0.05) is 13.8 Å². The number of hydrazine groups is 1. The zero-order chi connectivity index (χ0) is 11.9. The lowest BCUT2D eigenvalue weighted by Gasteiger charge is -2.16. The van der Waals surface area contributed by atoms with E-state index in [1.54, 1.807) is 11.3 Å². The van der Waals surface area contributed by atoms with Crippen molar-refractivity contribution in [3.8, 4) is 0 Å². The summed E-state index contributed by atoms with van der Waals surface area (Å²) in [5.74, 6) is 6.35. The molecule has 1 aromatic rings. The Labute approximate surface area is 101 Å². The number of nitrogens with two attached hydrogens (primary N) is 1. The van der Waals surface area contributed by atoms with Crippen molar-refractivity contribution >= 4 is 11.3 Å². The normalized spacial score (nSPS) is 24.4. The third-order valence-corrected chi connectivity index (χ3v) is 4.85. The summed E-state index contributed by atoms with van der Waals surface area (Å²) in [4.78, 5) is 5.90. The molecule has 2 unspecified atom stereocenters. The summed E-state index contributed by atoms with van der Waals surface area (Å²) in [7, 11) is 0. The minimum atomic E-state index is 0.375. The van der Waals surface area contributed by atoms with Crippen LogP contribution < -0.4 is 11.3 Å². The van der Waals surface area contributed by atoms with Crippen LogP contribution in [0.4, 0.5) is 0 Å². The van der Waals surface area contributed by atoms with Gasteiger partial charge in [0.2, 0.25) is 0 Å². The van der Waals surface area contributed by atoms with Crippen LogP contribution in [0.15, 0.2) is 0 Å². The zero-order valence-corrected chi connectivity index (χ0v) is 11.3. The molecular formula is C12H21N3S. The fraction of sp³-hybridized carbons (Fsp3) is 0.750. The summed E-state index contributed by atoms with van der Waals surface area (Å²) in [6, 6.07) is 0.375. The number of rotatable bonds is 4. The van der Waals surface area contributed by atoms with Crippen molar-refractivity contribution in [2.24, 2.45) is 17.2 Å². The van der Waals surface area contributed by atoms with Gasteiger partial charge in [0, 0.05) is 17.3 Å². The van der Waals surface area contributed by atoms with Crippen LogP contribution >= 0.6 is 11.3 Å². The molecule has 0 bridgehead atoms. The lowest BCUT2D eigenvalue weighted by molar-refractivity contribution is 0.408. The van der Waals surface area contributed by atoms with E-state index in [0.717, 1.165) is 12.1 Å². The molecule has 1 fully saturated rings. The van der Waals surface area contributed by atoms with E-state index in [4.69, 9.17) is 5.84 Å². The summed E-state index contributed by atoms with van der Waals surface area (Å²) in [5, 5.41) is 1.21. The standard InChI is InChI=1S/C12H21N3S/c1-7-8(2)16-11(14-7)5-10(15-13)9-6-12(9,3)4/h9-10,15H,5-6,13H2,1-4H3. The van der Waals surface area contributed by atoms with E-state index in [-0.39, 0.29) is 0 Å². The number of nitrogens with one attached hydrogen (secondary N) is 1. The first-order chi connectivity index (χ1) is 7.44. The first-order valence-electron chi connectivity index (χ1n) is 5.83. The molecule has 1 heterocycles. The van der Waals surface area contributed by atoms with Gasteiger partial charge in [-0.2, -0.15) is 0 Å². The largest absolute Gasteiger partial charge is 0.271 e. The zero-order valence-electron chi connectivity index (χ0n) is 10.5. The van der Waals surface area contributed by atoms with Crippen LogP contribution in [0, 0.1) is 25.2 Å². The lowest BCUT2D eigenvalue weighted by Crippen LogP contribution is -2.39. The molecule has 1 aromatic heterocycles. The van der Waals surface area contributed by atoms with Crippen molar-refractivity contribution in [2.45, 2.75) is 46.6 Å². The van der Waals surface area contributed by atoms with Crippen LogP contribution in [-0.2, 0) is 6.42 Å². The Hall–Kier alpha value is -0.450. The van der Waals surface area contributed by atoms with Gasteiger partial charge in [0.1, 0.15) is 0 Å². The summed E-state index contributed by atoms with van der Waals surface area (Å²) in [6.07, 6.45) is 2.23. The molecule has 0 amide bonds. The Morgan fingerprint density at radius 2 is 2.19 bits per heavy atom. The van der Waals surface area contributed by atoms with Crippen molar-refractivity contribution in [2.75, 3.05) is 0 Å². The van der Waals surface area contributed by atoms with E-state index in [9.17, 15) is 0 Å². The number of hydrogen-bond donors (Lipinski definition) is 2. The minimum Gasteiger partial charge on any atom is -0.271 e. The van der Waals surface area contributed by atoms with Gasteiger partial charge >= 0.3 is 0 Å². The molecule has 0 spiro atoms. The smallest absolute Gasteiger partial charge is 0.0947 e. The Balaban J connectivity index is 2.02. The molecule has 90 valence electrons. The van der Waals surface area contributed by atoms with Gasteiger partial charge in [-0.25, -0.2) is 4.98 Å². The average Bonchev–Trinajstić information content (AvgIpc) is 2.70. The predicted molar refractivity (Wildman–Crippen MR) is 68.3 cm³/mol. The summed E-state index contributed by atoms with van der Waals surface area (Å²) in [5.41, 5.74) is 4.58. The second kappa shape index (κ2) is 4.09. The second-order valence-corrected chi connectivity index (χ2v) is 6.81. The topological polar surface area (TPSA) is 50.9 Å². The van der Waals surface area contributed by atoms with E-state index >= 15 is 0 Å². The fourth-order valence-electron chi connectivity index (χ4n) is 2.33. The second-order valence-electron chi connectivity index (χ2n) is 5.53. The number of nitrogens with zero attached hydrogens (tertiary/aromatic N) is 1. The van der Waals surface area contributed by atoms with E-state index < -0.39 is 0 Å². The van der Waals surface area contributed by atoms with Crippen LogP contribution in [-0.4, -0.2) is 11.0 Å². The van der Waals surface area contributed by atoms with Crippen molar-refractivity contribution in [3.05, 3.63) is 15.6 Å². The molecule has 16 heavy (non-hydrogen) atoms. The van der Waals surface area contributed by atoms with Crippen molar-refractivity contribution in [1.82, 2.24) is 10.4 Å². The molecule has 0 aliphatic heterocycles. The van der Waals surface area contributed by atoms with Crippen molar-refractivity contribution < 1.29 is 0 Å². The van der Waals surface area contributed by atoms with Crippen LogP contribution in [0.1, 0.15) is 35.8 Å². The van der Waals surface area contributed by atoms with Gasteiger partial charge in [-0.05, 0) is 31.6 Å². The highest BCUT2D eigenvalue weighted by Crippen LogP contribution is 2.53. The van der Waals surface area contributed by atoms with Crippen LogP contribution in [0.5, 0.6) is 0 Å². The van der Waals surface area contributed by atoms with E-state index in [1.807, 2.05) is 0 Å². The molecular weight excluding hydrogens is 218 g/mol. The van der Waals surface area contributed by atoms with Gasteiger partial charge in [0.25, 0.3) is 0 Å². The summed E-state index contributed by atoms with van der Waals surface area (Å²) >= 11 is 1.80. The Kier molecular flexibility index (Phi) is 3.07. The van der Waals surface area contributed by atoms with Crippen LogP contribution in [0.2, 0.25) is 0 Å². The minimum absolute atomic E-state index is 0.375. The molecule has 4 heteroatoms. The first-order valence-corrected chi connectivity index (χ1v) is 6.64. The van der Waals surface area contributed by atoms with Gasteiger partial charge in [0.15, 0.2) is 0 Å². The van der Waals surface area contributed by atoms with Crippen molar-refractivity contribution in [1.29, 1.82) is 0 Å². The molecule has 2 rings (SSSR count). The molecule has 0 saturated heterocycles. The molecule has 1 aliphatic carbocycles. The Morgan fingerprint density at radius 1 is 1.56 bits per heavy atom. The first kappa shape index (κ1) is 12.0. The summed E-state index contributed by atoms with van der Waals surface area (Å²) in [6.45, 7) is 8.81. The molecule has 0 aromatic carbocycles. The third kappa shape index (κ3) is 2.29. The lowest BCUT2D eigenvalue weighted by atomic mass is 10.0. The molecule has 3 N–H and O–H groups in total. The maximum absolute atomic E-state index is 5.65. The highest BCUT2D eigenvalue weighted by molar-refractivity contribution is 7.11. The van der Waals surface area contributed by atoms with Gasteiger partial charge in [0.05, 0.1) is 10.7 Å². The Morgan fingerprint density at radius 3 is 2.56 bits per heavy atom. The average molecular weight is 239 g/mol. The molecule has 2 atom stereocenters. The van der Waals surface area contributed by atoms with Gasteiger partial charge in [-0.3, -0.25) is 11.3 Å². The van der Waals surface area contributed by atoms with Gasteiger partial charge < -0.3 is 0 Å². The molecule has 0 radical (unpaired) electrons. The van der Waals surface area contributed by atoms with Crippen LogP contribution in [0.25, 0.3) is 0 Å².